The van der Waals surface area contributed by atoms with Crippen LogP contribution in [0.4, 0.5) is 0 Å². The van der Waals surface area contributed by atoms with Gasteiger partial charge in [-0.3, -0.25) is 9.80 Å². The summed E-state index contributed by atoms with van der Waals surface area (Å²) in [5.74, 6) is 0. The first kappa shape index (κ1) is 13.3. The summed E-state index contributed by atoms with van der Waals surface area (Å²) in [5.41, 5.74) is 0. The molecule has 1 aliphatic carbocycles. The second kappa shape index (κ2) is 6.14. The molecular weight excluding hydrogens is 214 g/mol. The van der Waals surface area contributed by atoms with Gasteiger partial charge in [-0.2, -0.15) is 0 Å². The second-order valence-electron chi connectivity index (χ2n) is 5.56. The van der Waals surface area contributed by atoms with Crippen molar-refractivity contribution >= 4 is 0 Å². The highest BCUT2D eigenvalue weighted by Gasteiger charge is 2.27. The van der Waals surface area contributed by atoms with Crippen molar-refractivity contribution in [3.63, 3.8) is 0 Å². The Morgan fingerprint density at radius 3 is 2.65 bits per heavy atom. The Morgan fingerprint density at radius 1 is 1.35 bits per heavy atom. The third-order valence-electron chi connectivity index (χ3n) is 4.00. The van der Waals surface area contributed by atoms with Gasteiger partial charge in [0.1, 0.15) is 0 Å². The highest BCUT2D eigenvalue weighted by atomic mass is 16.3. The van der Waals surface area contributed by atoms with Crippen LogP contribution in [-0.2, 0) is 0 Å². The fourth-order valence-electron chi connectivity index (χ4n) is 2.76. The topological polar surface area (TPSA) is 38.7 Å². The average Bonchev–Trinajstić information content (AvgIpc) is 3.12. The molecule has 2 aliphatic rings. The maximum absolute atomic E-state index is 9.40. The molecule has 2 unspecified atom stereocenters. The predicted octanol–water partition coefficient (Wildman–Crippen LogP) is 0.125. The number of nitrogens with zero attached hydrogens (tertiary/aromatic N) is 2. The molecule has 1 saturated heterocycles. The molecule has 0 amide bonds. The van der Waals surface area contributed by atoms with Gasteiger partial charge in [-0.15, -0.1) is 0 Å². The minimum atomic E-state index is 0.263. The number of hydrogen-bond donors (Lipinski definition) is 2. The zero-order valence-electron chi connectivity index (χ0n) is 11.2. The van der Waals surface area contributed by atoms with Crippen molar-refractivity contribution in [3.05, 3.63) is 0 Å². The van der Waals surface area contributed by atoms with E-state index in [1.54, 1.807) is 0 Å². The van der Waals surface area contributed by atoms with Crippen LogP contribution in [0.1, 0.15) is 26.7 Å². The first-order chi connectivity index (χ1) is 8.22. The van der Waals surface area contributed by atoms with Crippen molar-refractivity contribution < 1.29 is 5.11 Å². The lowest BCUT2D eigenvalue weighted by Crippen LogP contribution is -2.55. The van der Waals surface area contributed by atoms with Gasteiger partial charge in [0, 0.05) is 44.3 Å². The van der Waals surface area contributed by atoms with Gasteiger partial charge in [-0.05, 0) is 26.3 Å². The van der Waals surface area contributed by atoms with Gasteiger partial charge in [-0.1, -0.05) is 6.92 Å². The molecule has 4 heteroatoms. The van der Waals surface area contributed by atoms with Crippen LogP contribution in [0.5, 0.6) is 0 Å². The molecule has 100 valence electrons. The number of nitrogens with one attached hydrogen (secondary N) is 1. The second-order valence-corrected chi connectivity index (χ2v) is 5.56. The summed E-state index contributed by atoms with van der Waals surface area (Å²) >= 11 is 0. The standard InChI is InChI=1S/C13H27N3O/c1-3-16-7-6-15(8-11(16)2)9-13(10-17)14-12-4-5-12/h11-14,17H,3-10H2,1-2H3. The molecule has 0 aromatic carbocycles. The van der Waals surface area contributed by atoms with E-state index in [0.717, 1.165) is 26.2 Å². The zero-order valence-corrected chi connectivity index (χ0v) is 11.2. The fourth-order valence-corrected chi connectivity index (χ4v) is 2.76. The maximum atomic E-state index is 9.40. The Labute approximate surface area is 105 Å². The Bertz CT molecular complexity index is 233. The highest BCUT2D eigenvalue weighted by Crippen LogP contribution is 2.19. The normalized spacial score (nSPS) is 29.5. The Kier molecular flexibility index (Phi) is 4.79. The molecular formula is C13H27N3O. The molecule has 0 bridgehead atoms. The van der Waals surface area contributed by atoms with Gasteiger partial charge in [-0.25, -0.2) is 0 Å². The van der Waals surface area contributed by atoms with Gasteiger partial charge in [0.2, 0.25) is 0 Å². The maximum Gasteiger partial charge on any atom is 0.0597 e. The van der Waals surface area contributed by atoms with E-state index < -0.39 is 0 Å². The van der Waals surface area contributed by atoms with E-state index in [4.69, 9.17) is 0 Å². The largest absolute Gasteiger partial charge is 0.395 e. The van der Waals surface area contributed by atoms with E-state index in [-0.39, 0.29) is 12.6 Å². The summed E-state index contributed by atoms with van der Waals surface area (Å²) in [7, 11) is 0. The molecule has 0 aromatic rings. The van der Waals surface area contributed by atoms with Crippen LogP contribution in [0, 0.1) is 0 Å². The minimum absolute atomic E-state index is 0.263. The van der Waals surface area contributed by atoms with Crippen molar-refractivity contribution in [1.29, 1.82) is 0 Å². The van der Waals surface area contributed by atoms with E-state index in [0.29, 0.717) is 12.1 Å². The number of likely N-dealkylation sites (N-methyl/N-ethyl adjacent to an activating group) is 1. The van der Waals surface area contributed by atoms with Gasteiger partial charge < -0.3 is 10.4 Å². The fraction of sp³-hybridized carbons (Fsp3) is 1.00. The molecule has 0 radical (unpaired) electrons. The van der Waals surface area contributed by atoms with E-state index in [9.17, 15) is 5.11 Å². The number of hydrogen-bond acceptors (Lipinski definition) is 4. The summed E-state index contributed by atoms with van der Waals surface area (Å²) in [4.78, 5) is 5.02. The third kappa shape index (κ3) is 3.91. The smallest absolute Gasteiger partial charge is 0.0597 e. The molecule has 0 aromatic heterocycles. The van der Waals surface area contributed by atoms with Crippen molar-refractivity contribution in [2.24, 2.45) is 0 Å². The van der Waals surface area contributed by atoms with Crippen molar-refractivity contribution in [1.82, 2.24) is 15.1 Å². The number of aliphatic hydroxyl groups excluding tert-OH is 1. The molecule has 1 saturated carbocycles. The number of aliphatic hydroxyl groups is 1. The summed E-state index contributed by atoms with van der Waals surface area (Å²) < 4.78 is 0. The summed E-state index contributed by atoms with van der Waals surface area (Å²) in [6.07, 6.45) is 2.58. The van der Waals surface area contributed by atoms with Crippen LogP contribution in [0.25, 0.3) is 0 Å². The van der Waals surface area contributed by atoms with Crippen LogP contribution < -0.4 is 5.32 Å². The molecule has 2 fully saturated rings. The monoisotopic (exact) mass is 241 g/mol. The summed E-state index contributed by atoms with van der Waals surface area (Å²) in [6.45, 7) is 10.4. The summed E-state index contributed by atoms with van der Waals surface area (Å²) in [6, 6.07) is 1.60. The lowest BCUT2D eigenvalue weighted by atomic mass is 10.1. The quantitative estimate of drug-likeness (QED) is 0.693. The first-order valence-electron chi connectivity index (χ1n) is 7.06. The summed E-state index contributed by atoms with van der Waals surface area (Å²) in [5, 5.41) is 12.9. The first-order valence-corrected chi connectivity index (χ1v) is 7.06. The van der Waals surface area contributed by atoms with Gasteiger partial charge >= 0.3 is 0 Å². The lowest BCUT2D eigenvalue weighted by molar-refractivity contribution is 0.0737. The van der Waals surface area contributed by atoms with Crippen LogP contribution in [0.3, 0.4) is 0 Å². The molecule has 2 atom stereocenters. The average molecular weight is 241 g/mol. The SMILES string of the molecule is CCN1CCN(CC(CO)NC2CC2)CC1C. The number of piperazine rings is 1. The van der Waals surface area contributed by atoms with Crippen LogP contribution >= 0.6 is 0 Å². The highest BCUT2D eigenvalue weighted by molar-refractivity contribution is 4.87. The Hall–Kier alpha value is -0.160. The molecule has 1 aliphatic heterocycles. The van der Waals surface area contributed by atoms with Crippen molar-refractivity contribution in [2.45, 2.75) is 44.8 Å². The molecule has 17 heavy (non-hydrogen) atoms. The van der Waals surface area contributed by atoms with E-state index in [1.807, 2.05) is 0 Å². The minimum Gasteiger partial charge on any atom is -0.395 e. The predicted molar refractivity (Wildman–Crippen MR) is 70.2 cm³/mol. The Morgan fingerprint density at radius 2 is 2.12 bits per heavy atom. The number of rotatable bonds is 6. The lowest BCUT2D eigenvalue weighted by Gasteiger charge is -2.40. The molecule has 2 rings (SSSR count). The van der Waals surface area contributed by atoms with Crippen LogP contribution in [0.2, 0.25) is 0 Å². The van der Waals surface area contributed by atoms with E-state index in [1.165, 1.54) is 19.4 Å². The van der Waals surface area contributed by atoms with E-state index in [2.05, 4.69) is 29.0 Å². The van der Waals surface area contributed by atoms with E-state index >= 15 is 0 Å². The molecule has 1 heterocycles. The van der Waals surface area contributed by atoms with Gasteiger partial charge in [0.05, 0.1) is 6.61 Å². The molecule has 0 spiro atoms. The van der Waals surface area contributed by atoms with Crippen LogP contribution in [0.15, 0.2) is 0 Å². The molecule has 2 N–H and O–H groups in total. The van der Waals surface area contributed by atoms with Gasteiger partial charge in [0.15, 0.2) is 0 Å². The van der Waals surface area contributed by atoms with Crippen molar-refractivity contribution in [2.75, 3.05) is 39.3 Å². The third-order valence-corrected chi connectivity index (χ3v) is 4.00. The molecule has 4 nitrogen and oxygen atoms in total. The van der Waals surface area contributed by atoms with Crippen molar-refractivity contribution in [3.8, 4) is 0 Å². The van der Waals surface area contributed by atoms with Crippen LogP contribution in [-0.4, -0.2) is 72.4 Å². The zero-order chi connectivity index (χ0) is 12.3. The Balaban J connectivity index is 1.74. The van der Waals surface area contributed by atoms with Gasteiger partial charge in [0.25, 0.3) is 0 Å².